The van der Waals surface area contributed by atoms with E-state index in [1.165, 1.54) is 11.5 Å². The van der Waals surface area contributed by atoms with Crippen LogP contribution in [-0.2, 0) is 11.3 Å². The maximum Gasteiger partial charge on any atom is 0.180 e. The highest BCUT2D eigenvalue weighted by molar-refractivity contribution is 7.10. The van der Waals surface area contributed by atoms with Crippen molar-refractivity contribution in [3.63, 3.8) is 0 Å². The van der Waals surface area contributed by atoms with Crippen LogP contribution in [0.4, 0.5) is 10.8 Å². The number of H-pyrrole nitrogens is 1. The first-order chi connectivity index (χ1) is 14.8. The van der Waals surface area contributed by atoms with E-state index in [4.69, 9.17) is 4.74 Å². The smallest absolute Gasteiger partial charge is 0.180 e. The van der Waals surface area contributed by atoms with E-state index in [1.807, 2.05) is 29.1 Å². The lowest BCUT2D eigenvalue weighted by Gasteiger charge is -2.17. The van der Waals surface area contributed by atoms with Crippen LogP contribution >= 0.6 is 11.5 Å². The Morgan fingerprint density at radius 1 is 1.23 bits per heavy atom. The second-order valence-electron chi connectivity index (χ2n) is 6.84. The molecule has 0 fully saturated rings. The number of rotatable bonds is 11. The van der Waals surface area contributed by atoms with Crippen LogP contribution in [-0.4, -0.2) is 60.1 Å². The maximum atomic E-state index is 5.79. The predicted octanol–water partition coefficient (Wildman–Crippen LogP) is 3.57. The molecule has 10 heteroatoms. The van der Waals surface area contributed by atoms with Crippen molar-refractivity contribution in [2.45, 2.75) is 26.9 Å². The molecule has 0 aliphatic carbocycles. The third kappa shape index (κ3) is 4.66. The van der Waals surface area contributed by atoms with Gasteiger partial charge in [-0.05, 0) is 37.1 Å². The highest BCUT2D eigenvalue weighted by atomic mass is 32.1. The summed E-state index contributed by atoms with van der Waals surface area (Å²) in [6.45, 7) is 8.86. The number of anilines is 2. The number of hydrogen-bond donors (Lipinski definition) is 2. The lowest BCUT2D eigenvalue weighted by molar-refractivity contribution is 0.108. The van der Waals surface area contributed by atoms with E-state index < -0.39 is 0 Å². The summed E-state index contributed by atoms with van der Waals surface area (Å²) in [7, 11) is 0. The topological polar surface area (TPSA) is 96.3 Å². The molecule has 0 radical (unpaired) electrons. The summed E-state index contributed by atoms with van der Waals surface area (Å²) in [5, 5.41) is 11.1. The fourth-order valence-electron chi connectivity index (χ4n) is 3.27. The van der Waals surface area contributed by atoms with Crippen LogP contribution in [0.25, 0.3) is 16.9 Å². The monoisotopic (exact) mass is 426 g/mol. The van der Waals surface area contributed by atoms with Gasteiger partial charge < -0.3 is 15.0 Å². The van der Waals surface area contributed by atoms with Crippen molar-refractivity contribution >= 4 is 28.0 Å². The molecule has 158 valence electrons. The van der Waals surface area contributed by atoms with Gasteiger partial charge in [0.15, 0.2) is 11.5 Å². The zero-order valence-electron chi connectivity index (χ0n) is 17.2. The Morgan fingerprint density at radius 2 is 2.13 bits per heavy atom. The molecule has 0 unspecified atom stereocenters. The predicted molar refractivity (Wildman–Crippen MR) is 118 cm³/mol. The van der Waals surface area contributed by atoms with Gasteiger partial charge in [0.05, 0.1) is 30.4 Å². The van der Waals surface area contributed by atoms with E-state index in [9.17, 15) is 0 Å². The molecule has 0 aliphatic heterocycles. The van der Waals surface area contributed by atoms with Crippen molar-refractivity contribution in [2.75, 3.05) is 31.6 Å². The first-order valence-corrected chi connectivity index (χ1v) is 10.9. The number of imidazole rings is 1. The normalized spacial score (nSPS) is 11.6. The first-order valence-electron chi connectivity index (χ1n) is 10.1. The molecule has 4 aromatic rings. The Bertz CT molecular complexity index is 1050. The van der Waals surface area contributed by atoms with Gasteiger partial charge in [-0.2, -0.15) is 9.47 Å². The molecular formula is C20H26N8OS. The van der Waals surface area contributed by atoms with Crippen molar-refractivity contribution in [1.29, 1.82) is 0 Å². The summed E-state index contributed by atoms with van der Waals surface area (Å²) in [6.07, 6.45) is 10.1. The lowest BCUT2D eigenvalue weighted by Crippen LogP contribution is -2.24. The second-order valence-corrected chi connectivity index (χ2v) is 7.65. The molecule has 30 heavy (non-hydrogen) atoms. The molecule has 0 aliphatic rings. The third-order valence-corrected chi connectivity index (χ3v) is 5.67. The van der Waals surface area contributed by atoms with Crippen LogP contribution < -0.4 is 5.32 Å². The van der Waals surface area contributed by atoms with Gasteiger partial charge in [0, 0.05) is 37.3 Å². The van der Waals surface area contributed by atoms with Gasteiger partial charge in [0.2, 0.25) is 0 Å². The Kier molecular flexibility index (Phi) is 6.67. The van der Waals surface area contributed by atoms with Crippen LogP contribution in [0.1, 0.15) is 26.0 Å². The molecule has 0 spiro atoms. The van der Waals surface area contributed by atoms with Crippen LogP contribution in [0.15, 0.2) is 37.1 Å². The van der Waals surface area contributed by atoms with Gasteiger partial charge in [-0.25, -0.2) is 9.97 Å². The minimum Gasteiger partial charge on any atom is -0.375 e. The Balaban J connectivity index is 1.35. The van der Waals surface area contributed by atoms with Crippen molar-refractivity contribution in [1.82, 2.24) is 33.8 Å². The van der Waals surface area contributed by atoms with E-state index in [0.29, 0.717) is 12.4 Å². The summed E-state index contributed by atoms with van der Waals surface area (Å²) in [5.74, 6) is 0.683. The van der Waals surface area contributed by atoms with Gasteiger partial charge in [-0.15, -0.1) is 0 Å². The highest BCUT2D eigenvalue weighted by Crippen LogP contribution is 2.26. The van der Waals surface area contributed by atoms with E-state index in [-0.39, 0.29) is 0 Å². The van der Waals surface area contributed by atoms with E-state index in [2.05, 4.69) is 48.6 Å². The number of nitrogens with one attached hydrogen (secondary N) is 2. The number of aromatic amines is 1. The number of fused-ring (bicyclic) bond motifs is 1. The van der Waals surface area contributed by atoms with Crippen molar-refractivity contribution in [2.24, 2.45) is 0 Å². The molecular weight excluding hydrogens is 400 g/mol. The Morgan fingerprint density at radius 3 is 2.93 bits per heavy atom. The standard InChI is InChI=1S/C20H26N8OS/c1-3-27(4-2)7-5-9-29-14-16-10-18(30-26-16)25-19-20-22-13-17(15-11-23-24-12-15)28(20)8-6-21-19/h6,8,10-13H,3-5,7,9,14H2,1-2H3,(H,21,25)(H,23,24). The zero-order chi connectivity index (χ0) is 20.8. The molecule has 0 amide bonds. The van der Waals surface area contributed by atoms with Crippen molar-refractivity contribution < 1.29 is 4.74 Å². The van der Waals surface area contributed by atoms with Gasteiger partial charge >= 0.3 is 0 Å². The van der Waals surface area contributed by atoms with Crippen LogP contribution in [0.3, 0.4) is 0 Å². The summed E-state index contributed by atoms with van der Waals surface area (Å²) >= 11 is 1.39. The average molecular weight is 427 g/mol. The molecule has 0 atom stereocenters. The van der Waals surface area contributed by atoms with Crippen LogP contribution in [0.2, 0.25) is 0 Å². The van der Waals surface area contributed by atoms with Gasteiger partial charge in [-0.3, -0.25) is 9.50 Å². The fourth-order valence-corrected chi connectivity index (χ4v) is 3.93. The molecule has 0 aromatic carbocycles. The number of ether oxygens (including phenoxy) is 1. The highest BCUT2D eigenvalue weighted by Gasteiger charge is 2.12. The summed E-state index contributed by atoms with van der Waals surface area (Å²) < 4.78 is 12.3. The van der Waals surface area contributed by atoms with Crippen LogP contribution in [0.5, 0.6) is 0 Å². The van der Waals surface area contributed by atoms with E-state index >= 15 is 0 Å². The van der Waals surface area contributed by atoms with Crippen molar-refractivity contribution in [3.05, 3.63) is 42.7 Å². The summed E-state index contributed by atoms with van der Waals surface area (Å²) in [4.78, 5) is 11.4. The molecule has 2 N–H and O–H groups in total. The maximum absolute atomic E-state index is 5.79. The van der Waals surface area contributed by atoms with E-state index in [0.717, 1.165) is 60.3 Å². The van der Waals surface area contributed by atoms with Gasteiger partial charge in [-0.1, -0.05) is 13.8 Å². The number of hydrogen-bond acceptors (Lipinski definition) is 8. The molecule has 4 aromatic heterocycles. The molecule has 4 rings (SSSR count). The molecule has 4 heterocycles. The molecule has 0 saturated heterocycles. The minimum atomic E-state index is 0.516. The Labute approximate surface area is 179 Å². The average Bonchev–Trinajstić information content (AvgIpc) is 3.51. The first kappa shape index (κ1) is 20.5. The molecule has 9 nitrogen and oxygen atoms in total. The van der Waals surface area contributed by atoms with Gasteiger partial charge in [0.1, 0.15) is 5.00 Å². The second kappa shape index (κ2) is 9.79. The minimum absolute atomic E-state index is 0.516. The lowest BCUT2D eigenvalue weighted by atomic mass is 10.3. The fraction of sp³-hybridized carbons (Fsp3) is 0.400. The quantitative estimate of drug-likeness (QED) is 0.354. The summed E-state index contributed by atoms with van der Waals surface area (Å²) in [5.41, 5.74) is 3.58. The number of nitrogens with zero attached hydrogens (tertiary/aromatic N) is 6. The number of aromatic nitrogens is 6. The van der Waals surface area contributed by atoms with E-state index in [1.54, 1.807) is 12.4 Å². The largest absolute Gasteiger partial charge is 0.375 e. The zero-order valence-corrected chi connectivity index (χ0v) is 18.0. The van der Waals surface area contributed by atoms with Gasteiger partial charge in [0.25, 0.3) is 0 Å². The molecule has 0 saturated carbocycles. The van der Waals surface area contributed by atoms with Crippen molar-refractivity contribution in [3.8, 4) is 11.3 Å². The molecule has 0 bridgehead atoms. The third-order valence-electron chi connectivity index (χ3n) is 4.93. The Hall–Kier alpha value is -2.82. The summed E-state index contributed by atoms with van der Waals surface area (Å²) in [6, 6.07) is 2.00. The SMILES string of the molecule is CCN(CC)CCCOCc1cc(Nc2nccn3c(-c4cn[nH]c4)cnc23)sn1. The van der Waals surface area contributed by atoms with Crippen LogP contribution in [0, 0.1) is 0 Å².